The van der Waals surface area contributed by atoms with Gasteiger partial charge >= 0.3 is 5.97 Å². The van der Waals surface area contributed by atoms with Crippen molar-refractivity contribution in [2.45, 2.75) is 45.1 Å². The predicted molar refractivity (Wildman–Crippen MR) is 107 cm³/mol. The van der Waals surface area contributed by atoms with Gasteiger partial charge in [-0.25, -0.2) is 13.2 Å². The van der Waals surface area contributed by atoms with Crippen molar-refractivity contribution in [1.29, 1.82) is 0 Å². The van der Waals surface area contributed by atoms with Gasteiger partial charge in [0.05, 0.1) is 21.7 Å². The summed E-state index contributed by atoms with van der Waals surface area (Å²) in [5, 5.41) is 12.0. The second-order valence-electron chi connectivity index (χ2n) is 6.66. The lowest BCUT2D eigenvalue weighted by molar-refractivity contribution is 0.0696. The topological polar surface area (TPSA) is 113 Å². The van der Waals surface area contributed by atoms with Crippen LogP contribution in [0.15, 0.2) is 41.3 Å². The van der Waals surface area contributed by atoms with E-state index in [9.17, 15) is 23.1 Å². The first-order chi connectivity index (χ1) is 13.1. The van der Waals surface area contributed by atoms with Crippen LogP contribution in [0.25, 0.3) is 0 Å². The number of nitrogens with one attached hydrogen (secondary N) is 2. The first-order valence-corrected chi connectivity index (χ1v) is 10.3. The summed E-state index contributed by atoms with van der Waals surface area (Å²) in [6.07, 6.45) is 0.736. The van der Waals surface area contributed by atoms with Crippen molar-refractivity contribution in [1.82, 2.24) is 5.32 Å². The van der Waals surface area contributed by atoms with E-state index in [-0.39, 0.29) is 33.7 Å². The standard InChI is InChI=1S/C20H24N2O5S/c1-5-13(3)21-19(23)16-8-6-7-9-17(16)22-28(26,27)18-11-15(20(24)25)10-12(2)14(18)4/h6-11,13,22H,5H2,1-4H3,(H,21,23)(H,24,25)/t13-/m1/s1. The number of hydrogen-bond donors (Lipinski definition) is 3. The molecule has 0 saturated carbocycles. The number of para-hydroxylation sites is 1. The van der Waals surface area contributed by atoms with Gasteiger partial charge in [-0.1, -0.05) is 19.1 Å². The lowest BCUT2D eigenvalue weighted by Crippen LogP contribution is -2.32. The van der Waals surface area contributed by atoms with Gasteiger partial charge in [-0.3, -0.25) is 9.52 Å². The molecule has 0 spiro atoms. The minimum Gasteiger partial charge on any atom is -0.478 e. The summed E-state index contributed by atoms with van der Waals surface area (Å²) in [6.45, 7) is 7.04. The quantitative estimate of drug-likeness (QED) is 0.655. The van der Waals surface area contributed by atoms with Crippen LogP contribution in [0.2, 0.25) is 0 Å². The van der Waals surface area contributed by atoms with Crippen molar-refractivity contribution in [3.63, 3.8) is 0 Å². The van der Waals surface area contributed by atoms with E-state index in [2.05, 4.69) is 10.0 Å². The highest BCUT2D eigenvalue weighted by Crippen LogP contribution is 2.25. The van der Waals surface area contributed by atoms with Crippen molar-refractivity contribution in [3.05, 3.63) is 58.7 Å². The fraction of sp³-hybridized carbons (Fsp3) is 0.300. The zero-order valence-electron chi connectivity index (χ0n) is 16.2. The Labute approximate surface area is 164 Å². The van der Waals surface area contributed by atoms with Crippen LogP contribution in [0.3, 0.4) is 0 Å². The molecule has 1 atom stereocenters. The van der Waals surface area contributed by atoms with Gasteiger partial charge in [0.15, 0.2) is 0 Å². The normalized spacial score (nSPS) is 12.3. The SMILES string of the molecule is CC[C@@H](C)NC(=O)c1ccccc1NS(=O)(=O)c1cc(C(=O)O)cc(C)c1C. The number of hydrogen-bond acceptors (Lipinski definition) is 4. The number of anilines is 1. The van der Waals surface area contributed by atoms with Crippen LogP contribution in [0, 0.1) is 13.8 Å². The number of amides is 1. The zero-order valence-corrected chi connectivity index (χ0v) is 17.1. The van der Waals surface area contributed by atoms with Crippen LogP contribution in [-0.2, 0) is 10.0 Å². The molecule has 0 saturated heterocycles. The zero-order chi connectivity index (χ0) is 21.1. The monoisotopic (exact) mass is 404 g/mol. The number of aryl methyl sites for hydroxylation is 1. The Bertz CT molecular complexity index is 1020. The summed E-state index contributed by atoms with van der Waals surface area (Å²) in [5.74, 6) is -1.60. The summed E-state index contributed by atoms with van der Waals surface area (Å²) < 4.78 is 28.4. The van der Waals surface area contributed by atoms with Crippen LogP contribution >= 0.6 is 0 Å². The van der Waals surface area contributed by atoms with E-state index < -0.39 is 16.0 Å². The highest BCUT2D eigenvalue weighted by molar-refractivity contribution is 7.92. The molecular weight excluding hydrogens is 380 g/mol. The third-order valence-electron chi connectivity index (χ3n) is 4.56. The molecule has 2 aromatic rings. The third-order valence-corrected chi connectivity index (χ3v) is 6.05. The molecule has 28 heavy (non-hydrogen) atoms. The maximum absolute atomic E-state index is 13.0. The molecule has 0 heterocycles. The Morgan fingerprint density at radius 3 is 2.39 bits per heavy atom. The van der Waals surface area contributed by atoms with E-state index >= 15 is 0 Å². The first kappa shape index (κ1) is 21.4. The van der Waals surface area contributed by atoms with Gasteiger partial charge in [-0.05, 0) is 62.6 Å². The second-order valence-corrected chi connectivity index (χ2v) is 8.31. The molecule has 0 aromatic heterocycles. The summed E-state index contributed by atoms with van der Waals surface area (Å²) in [6, 6.07) is 8.76. The number of benzene rings is 2. The molecule has 2 rings (SSSR count). The average Bonchev–Trinajstić information content (AvgIpc) is 2.63. The highest BCUT2D eigenvalue weighted by atomic mass is 32.2. The van der Waals surface area contributed by atoms with Gasteiger partial charge < -0.3 is 10.4 Å². The number of aromatic carboxylic acids is 1. The Balaban J connectivity index is 2.47. The van der Waals surface area contributed by atoms with Crippen LogP contribution in [0.4, 0.5) is 5.69 Å². The molecule has 3 N–H and O–H groups in total. The molecule has 0 bridgehead atoms. The molecule has 8 heteroatoms. The van der Waals surface area contributed by atoms with Gasteiger partial charge in [0, 0.05) is 6.04 Å². The van der Waals surface area contributed by atoms with Crippen molar-refractivity contribution in [3.8, 4) is 0 Å². The number of carbonyl (C=O) groups is 2. The minimum absolute atomic E-state index is 0.0608. The molecule has 0 aliphatic carbocycles. The number of carboxylic acids is 1. The molecular formula is C20H24N2O5S. The second kappa shape index (κ2) is 8.43. The largest absolute Gasteiger partial charge is 0.478 e. The summed E-state index contributed by atoms with van der Waals surface area (Å²) in [7, 11) is -4.11. The smallest absolute Gasteiger partial charge is 0.335 e. The Morgan fingerprint density at radius 1 is 1.14 bits per heavy atom. The van der Waals surface area contributed by atoms with Crippen LogP contribution in [0.1, 0.15) is 52.1 Å². The van der Waals surface area contributed by atoms with E-state index in [1.165, 1.54) is 18.2 Å². The van der Waals surface area contributed by atoms with Crippen molar-refractivity contribution in [2.24, 2.45) is 0 Å². The Kier molecular flexibility index (Phi) is 6.45. The molecule has 2 aromatic carbocycles. The van der Waals surface area contributed by atoms with Crippen molar-refractivity contribution < 1.29 is 23.1 Å². The molecule has 0 radical (unpaired) electrons. The van der Waals surface area contributed by atoms with E-state index in [1.807, 2.05) is 13.8 Å². The summed E-state index contributed by atoms with van der Waals surface area (Å²) in [5.41, 5.74) is 1.18. The number of carboxylic acid groups (broad SMARTS) is 1. The molecule has 0 unspecified atom stereocenters. The fourth-order valence-corrected chi connectivity index (χ4v) is 4.03. The highest BCUT2D eigenvalue weighted by Gasteiger charge is 2.23. The van der Waals surface area contributed by atoms with Gasteiger partial charge in [0.25, 0.3) is 15.9 Å². The maximum atomic E-state index is 13.0. The minimum atomic E-state index is -4.11. The van der Waals surface area contributed by atoms with Crippen molar-refractivity contribution >= 4 is 27.6 Å². The van der Waals surface area contributed by atoms with E-state index in [1.54, 1.807) is 26.0 Å². The number of sulfonamides is 1. The van der Waals surface area contributed by atoms with Crippen LogP contribution in [0.5, 0.6) is 0 Å². The first-order valence-electron chi connectivity index (χ1n) is 8.84. The number of carbonyl (C=O) groups excluding carboxylic acids is 1. The predicted octanol–water partition coefficient (Wildman–Crippen LogP) is 3.33. The fourth-order valence-electron chi connectivity index (χ4n) is 2.60. The lowest BCUT2D eigenvalue weighted by Gasteiger charge is -2.17. The third kappa shape index (κ3) is 4.69. The molecule has 0 fully saturated rings. The molecule has 0 aliphatic rings. The Morgan fingerprint density at radius 2 is 1.79 bits per heavy atom. The number of rotatable bonds is 7. The summed E-state index contributed by atoms with van der Waals surface area (Å²) >= 11 is 0. The van der Waals surface area contributed by atoms with Gasteiger partial charge in [0.1, 0.15) is 0 Å². The summed E-state index contributed by atoms with van der Waals surface area (Å²) in [4.78, 5) is 23.7. The average molecular weight is 404 g/mol. The maximum Gasteiger partial charge on any atom is 0.335 e. The molecule has 1 amide bonds. The van der Waals surface area contributed by atoms with Crippen LogP contribution in [-0.4, -0.2) is 31.4 Å². The Hall–Kier alpha value is -2.87. The van der Waals surface area contributed by atoms with E-state index in [0.29, 0.717) is 11.1 Å². The van der Waals surface area contributed by atoms with E-state index in [0.717, 1.165) is 12.5 Å². The van der Waals surface area contributed by atoms with Crippen LogP contribution < -0.4 is 10.0 Å². The van der Waals surface area contributed by atoms with Crippen molar-refractivity contribution in [2.75, 3.05) is 4.72 Å². The lowest BCUT2D eigenvalue weighted by atomic mass is 10.1. The van der Waals surface area contributed by atoms with Gasteiger partial charge in [0.2, 0.25) is 0 Å². The molecule has 0 aliphatic heterocycles. The van der Waals surface area contributed by atoms with E-state index in [4.69, 9.17) is 0 Å². The van der Waals surface area contributed by atoms with Gasteiger partial charge in [-0.15, -0.1) is 0 Å². The molecule has 7 nitrogen and oxygen atoms in total. The van der Waals surface area contributed by atoms with Gasteiger partial charge in [-0.2, -0.15) is 0 Å². The molecule has 150 valence electrons.